The second-order valence-corrected chi connectivity index (χ2v) is 6.01. The highest BCUT2D eigenvalue weighted by molar-refractivity contribution is 5.74. The van der Waals surface area contributed by atoms with Gasteiger partial charge in [-0.2, -0.15) is 0 Å². The number of urea groups is 1. The number of hydrogen-bond donors (Lipinski definition) is 3. The van der Waals surface area contributed by atoms with Crippen molar-refractivity contribution in [1.29, 1.82) is 0 Å². The van der Waals surface area contributed by atoms with Crippen molar-refractivity contribution in [1.82, 2.24) is 10.6 Å². The number of rotatable bonds is 5. The number of carbonyl (C=O) groups excluding carboxylic acids is 1. The van der Waals surface area contributed by atoms with Gasteiger partial charge in [0.1, 0.15) is 12.4 Å². The summed E-state index contributed by atoms with van der Waals surface area (Å²) in [6.07, 6.45) is -0.0193. The van der Waals surface area contributed by atoms with E-state index in [1.165, 1.54) is 0 Å². The molecule has 3 rings (SSSR count). The highest BCUT2D eigenvalue weighted by Crippen LogP contribution is 2.30. The van der Waals surface area contributed by atoms with Gasteiger partial charge in [-0.05, 0) is 35.7 Å². The van der Waals surface area contributed by atoms with Gasteiger partial charge >= 0.3 is 6.03 Å². The van der Waals surface area contributed by atoms with Crippen molar-refractivity contribution in [2.75, 3.05) is 13.2 Å². The first-order valence-corrected chi connectivity index (χ1v) is 8.13. The van der Waals surface area contributed by atoms with Crippen LogP contribution in [-0.4, -0.2) is 30.4 Å². The number of aliphatic hydroxyl groups excluding tert-OH is 1. The van der Waals surface area contributed by atoms with Gasteiger partial charge in [-0.15, -0.1) is 0 Å². The molecule has 2 amide bonds. The van der Waals surface area contributed by atoms with Crippen molar-refractivity contribution in [3.63, 3.8) is 0 Å². The van der Waals surface area contributed by atoms with Gasteiger partial charge in [-0.1, -0.05) is 36.4 Å². The van der Waals surface area contributed by atoms with Crippen LogP contribution in [0.3, 0.4) is 0 Å². The zero-order valence-electron chi connectivity index (χ0n) is 13.7. The van der Waals surface area contributed by atoms with Crippen molar-refractivity contribution in [3.8, 4) is 5.75 Å². The first kappa shape index (κ1) is 16.3. The molecule has 0 spiro atoms. The van der Waals surface area contributed by atoms with Gasteiger partial charge in [0, 0.05) is 6.42 Å². The Morgan fingerprint density at radius 2 is 2.08 bits per heavy atom. The Bertz CT molecular complexity index is 717. The number of hydrogen-bond acceptors (Lipinski definition) is 3. The predicted molar refractivity (Wildman–Crippen MR) is 92.1 cm³/mol. The molecule has 0 unspecified atom stereocenters. The molecule has 5 heteroatoms. The molecule has 1 aliphatic carbocycles. The summed E-state index contributed by atoms with van der Waals surface area (Å²) in [7, 11) is 0. The van der Waals surface area contributed by atoms with E-state index < -0.39 is 6.10 Å². The summed E-state index contributed by atoms with van der Waals surface area (Å²) in [6.45, 7) is 2.79. The fourth-order valence-corrected chi connectivity index (χ4v) is 2.98. The van der Waals surface area contributed by atoms with Crippen LogP contribution in [0.5, 0.6) is 5.75 Å². The van der Waals surface area contributed by atoms with Gasteiger partial charge in [0.15, 0.2) is 0 Å². The molecule has 5 nitrogen and oxygen atoms in total. The molecule has 0 bridgehead atoms. The van der Waals surface area contributed by atoms with Crippen LogP contribution in [0, 0.1) is 6.92 Å². The lowest BCUT2D eigenvalue weighted by atomic mass is 10.1. The Kier molecular flexibility index (Phi) is 5.01. The van der Waals surface area contributed by atoms with Crippen molar-refractivity contribution in [2.24, 2.45) is 0 Å². The molecule has 0 aromatic heterocycles. The van der Waals surface area contributed by atoms with E-state index in [9.17, 15) is 9.90 Å². The summed E-state index contributed by atoms with van der Waals surface area (Å²) in [6, 6.07) is 14.9. The van der Waals surface area contributed by atoms with E-state index in [4.69, 9.17) is 4.74 Å². The zero-order chi connectivity index (χ0) is 16.9. The lowest BCUT2D eigenvalue weighted by Crippen LogP contribution is -2.42. The quantitative estimate of drug-likeness (QED) is 0.739. The number of nitrogens with one attached hydrogen (secondary N) is 2. The first-order valence-electron chi connectivity index (χ1n) is 8.13. The summed E-state index contributed by atoms with van der Waals surface area (Å²) in [5.74, 6) is 0.789. The minimum absolute atomic E-state index is 0.302. The van der Waals surface area contributed by atoms with E-state index >= 15 is 0 Å². The van der Waals surface area contributed by atoms with E-state index in [1.807, 2.05) is 55.5 Å². The van der Waals surface area contributed by atoms with E-state index in [-0.39, 0.29) is 12.1 Å². The molecule has 1 aliphatic rings. The summed E-state index contributed by atoms with van der Waals surface area (Å²) in [5, 5.41) is 15.7. The van der Waals surface area contributed by atoms with Gasteiger partial charge in [0.25, 0.3) is 0 Å². The number of aliphatic hydroxyl groups is 1. The monoisotopic (exact) mass is 326 g/mol. The molecule has 2 aromatic rings. The summed E-state index contributed by atoms with van der Waals surface area (Å²) >= 11 is 0. The molecule has 0 saturated heterocycles. The molecular weight excluding hydrogens is 304 g/mol. The van der Waals surface area contributed by atoms with Crippen LogP contribution in [-0.2, 0) is 6.42 Å². The van der Waals surface area contributed by atoms with Gasteiger partial charge in [0.05, 0.1) is 18.7 Å². The minimum Gasteiger partial charge on any atom is -0.492 e. The molecule has 0 aliphatic heterocycles. The van der Waals surface area contributed by atoms with Crippen LogP contribution in [0.25, 0.3) is 0 Å². The first-order chi connectivity index (χ1) is 11.6. The molecule has 0 fully saturated rings. The number of ether oxygens (including phenoxy) is 1. The highest BCUT2D eigenvalue weighted by atomic mass is 16.5. The number of amides is 2. The van der Waals surface area contributed by atoms with Gasteiger partial charge in [-0.25, -0.2) is 4.79 Å². The third kappa shape index (κ3) is 3.86. The Balaban J connectivity index is 1.45. The van der Waals surface area contributed by atoms with E-state index in [1.54, 1.807) is 0 Å². The smallest absolute Gasteiger partial charge is 0.315 e. The van der Waals surface area contributed by atoms with Crippen molar-refractivity contribution >= 4 is 6.03 Å². The largest absolute Gasteiger partial charge is 0.492 e. The van der Waals surface area contributed by atoms with Crippen molar-refractivity contribution in [2.45, 2.75) is 25.5 Å². The van der Waals surface area contributed by atoms with Gasteiger partial charge < -0.3 is 20.5 Å². The maximum absolute atomic E-state index is 12.0. The average molecular weight is 326 g/mol. The van der Waals surface area contributed by atoms with Gasteiger partial charge in [0.2, 0.25) is 0 Å². The Hall–Kier alpha value is -2.53. The highest BCUT2D eigenvalue weighted by Gasteiger charge is 2.31. The maximum Gasteiger partial charge on any atom is 0.315 e. The van der Waals surface area contributed by atoms with Crippen LogP contribution >= 0.6 is 0 Å². The molecule has 0 radical (unpaired) electrons. The van der Waals surface area contributed by atoms with E-state index in [0.29, 0.717) is 19.6 Å². The summed E-state index contributed by atoms with van der Waals surface area (Å²) < 4.78 is 5.59. The fourth-order valence-electron chi connectivity index (χ4n) is 2.98. The van der Waals surface area contributed by atoms with Crippen molar-refractivity contribution < 1.29 is 14.6 Å². The molecule has 0 saturated carbocycles. The Labute approximate surface area is 141 Å². The Morgan fingerprint density at radius 3 is 2.92 bits per heavy atom. The topological polar surface area (TPSA) is 70.6 Å². The molecule has 3 N–H and O–H groups in total. The lowest BCUT2D eigenvalue weighted by Gasteiger charge is -2.18. The summed E-state index contributed by atoms with van der Waals surface area (Å²) in [5.41, 5.74) is 3.20. The third-order valence-corrected chi connectivity index (χ3v) is 4.14. The molecular formula is C19H22N2O3. The third-order valence-electron chi connectivity index (χ3n) is 4.14. The van der Waals surface area contributed by atoms with E-state index in [0.717, 1.165) is 22.4 Å². The van der Waals surface area contributed by atoms with Crippen LogP contribution in [0.1, 0.15) is 22.7 Å². The predicted octanol–water partition coefficient (Wildman–Crippen LogP) is 2.33. The van der Waals surface area contributed by atoms with Crippen LogP contribution in [0.4, 0.5) is 4.79 Å². The molecule has 126 valence electrons. The second kappa shape index (κ2) is 7.36. The lowest BCUT2D eigenvalue weighted by molar-refractivity contribution is 0.142. The average Bonchev–Trinajstić information content (AvgIpc) is 2.88. The van der Waals surface area contributed by atoms with Crippen molar-refractivity contribution in [3.05, 3.63) is 65.2 Å². The minimum atomic E-state index is -0.586. The zero-order valence-corrected chi connectivity index (χ0v) is 13.7. The van der Waals surface area contributed by atoms with Crippen LogP contribution in [0.2, 0.25) is 0 Å². The second-order valence-electron chi connectivity index (χ2n) is 6.01. The number of aryl methyl sites for hydroxylation is 1. The normalized spacial score (nSPS) is 18.8. The number of fused-ring (bicyclic) bond motifs is 1. The SMILES string of the molecule is Cc1cccc(OCCNC(=O)N[C@H]2c3ccccc3C[C@H]2O)c1. The van der Waals surface area contributed by atoms with Gasteiger partial charge in [-0.3, -0.25) is 0 Å². The fraction of sp³-hybridized carbons (Fsp3) is 0.316. The molecule has 0 heterocycles. The maximum atomic E-state index is 12.0. The number of benzene rings is 2. The Morgan fingerprint density at radius 1 is 1.25 bits per heavy atom. The van der Waals surface area contributed by atoms with Crippen LogP contribution < -0.4 is 15.4 Å². The number of carbonyl (C=O) groups is 1. The van der Waals surface area contributed by atoms with E-state index in [2.05, 4.69) is 10.6 Å². The molecule has 2 aromatic carbocycles. The molecule has 24 heavy (non-hydrogen) atoms. The van der Waals surface area contributed by atoms with Crippen LogP contribution in [0.15, 0.2) is 48.5 Å². The molecule has 2 atom stereocenters. The summed E-state index contributed by atoms with van der Waals surface area (Å²) in [4.78, 5) is 12.0. The standard InChI is InChI=1S/C19H22N2O3/c1-13-5-4-7-15(11-13)24-10-9-20-19(23)21-18-16-8-3-2-6-14(16)12-17(18)22/h2-8,11,17-18,22H,9-10,12H2,1H3,(H2,20,21,23)/t17-,18+/m1/s1.